The Kier molecular flexibility index (Phi) is 6.65. The van der Waals surface area contributed by atoms with E-state index in [1.807, 2.05) is 13.0 Å². The molecule has 0 unspecified atom stereocenters. The number of thiophene rings is 1. The van der Waals surface area contributed by atoms with Gasteiger partial charge in [-0.3, -0.25) is 14.4 Å². The van der Waals surface area contributed by atoms with Crippen molar-refractivity contribution in [1.29, 1.82) is 0 Å². The first kappa shape index (κ1) is 19.9. The van der Waals surface area contributed by atoms with E-state index < -0.39 is 18.5 Å². The molecule has 0 aliphatic carbocycles. The maximum atomic E-state index is 12.0. The summed E-state index contributed by atoms with van der Waals surface area (Å²) in [7, 11) is 0. The minimum Gasteiger partial charge on any atom is -0.490 e. The van der Waals surface area contributed by atoms with Crippen LogP contribution in [0.2, 0.25) is 0 Å². The molecule has 0 bridgehead atoms. The number of carbonyl (C=O) groups excluding carboxylic acids is 3. The highest BCUT2D eigenvalue weighted by atomic mass is 32.1. The van der Waals surface area contributed by atoms with Crippen LogP contribution in [0, 0.1) is 6.92 Å². The van der Waals surface area contributed by atoms with Crippen molar-refractivity contribution in [1.82, 2.24) is 0 Å². The molecule has 1 aliphatic heterocycles. The van der Waals surface area contributed by atoms with Gasteiger partial charge in [0.2, 0.25) is 0 Å². The number of ketones is 1. The Morgan fingerprint density at radius 1 is 1.07 bits per heavy atom. The summed E-state index contributed by atoms with van der Waals surface area (Å²) in [6.07, 6.45) is 0.788. The number of benzene rings is 1. The number of carbonyl (C=O) groups is 3. The Bertz CT molecular complexity index is 875. The van der Waals surface area contributed by atoms with Crippen LogP contribution in [0.3, 0.4) is 0 Å². The normalized spacial score (nSPS) is 12.8. The van der Waals surface area contributed by atoms with E-state index in [-0.39, 0.29) is 18.6 Å². The molecular weight excluding hydrogens is 382 g/mol. The van der Waals surface area contributed by atoms with Gasteiger partial charge in [0.05, 0.1) is 24.5 Å². The zero-order chi connectivity index (χ0) is 19.9. The highest BCUT2D eigenvalue weighted by Crippen LogP contribution is 2.32. The summed E-state index contributed by atoms with van der Waals surface area (Å²) < 4.78 is 16.0. The second kappa shape index (κ2) is 9.36. The molecule has 148 valence electrons. The standard InChI is InChI=1S/C20H21NO6S/c1-13-3-7-18(28-13)15(22)5-8-20(24)27-12-19(23)21-14-4-6-16-17(11-14)26-10-2-9-25-16/h3-4,6-7,11H,2,5,8-10,12H2,1H3,(H,21,23). The van der Waals surface area contributed by atoms with Crippen molar-refractivity contribution in [3.63, 3.8) is 0 Å². The summed E-state index contributed by atoms with van der Waals surface area (Å²) in [5.74, 6) is 0.0346. The molecule has 0 fully saturated rings. The lowest BCUT2D eigenvalue weighted by Gasteiger charge is -2.10. The number of Topliss-reactive ketones (excluding diaryl/α,β-unsaturated/α-hetero) is 1. The number of ether oxygens (including phenoxy) is 3. The first-order valence-corrected chi connectivity index (χ1v) is 9.77. The van der Waals surface area contributed by atoms with Crippen molar-refractivity contribution in [2.24, 2.45) is 0 Å². The second-order valence-electron chi connectivity index (χ2n) is 6.25. The van der Waals surface area contributed by atoms with Crippen LogP contribution in [-0.4, -0.2) is 37.5 Å². The third kappa shape index (κ3) is 5.56. The van der Waals surface area contributed by atoms with Crippen LogP contribution in [0.25, 0.3) is 0 Å². The fraction of sp³-hybridized carbons (Fsp3) is 0.350. The van der Waals surface area contributed by atoms with E-state index >= 15 is 0 Å². The first-order valence-electron chi connectivity index (χ1n) is 8.96. The molecule has 0 radical (unpaired) electrons. The van der Waals surface area contributed by atoms with Gasteiger partial charge in [-0.1, -0.05) is 0 Å². The summed E-state index contributed by atoms with van der Waals surface area (Å²) in [6.45, 7) is 2.63. The topological polar surface area (TPSA) is 90.9 Å². The Morgan fingerprint density at radius 3 is 2.61 bits per heavy atom. The van der Waals surface area contributed by atoms with E-state index in [1.165, 1.54) is 11.3 Å². The SMILES string of the molecule is Cc1ccc(C(=O)CCC(=O)OCC(=O)Nc2ccc3c(c2)OCCCO3)s1. The fourth-order valence-corrected chi connectivity index (χ4v) is 3.41. The maximum absolute atomic E-state index is 12.0. The molecule has 0 saturated carbocycles. The van der Waals surface area contributed by atoms with E-state index in [2.05, 4.69) is 5.32 Å². The largest absolute Gasteiger partial charge is 0.490 e. The van der Waals surface area contributed by atoms with Crippen LogP contribution in [0.5, 0.6) is 11.5 Å². The molecule has 2 heterocycles. The molecule has 1 aromatic heterocycles. The minimum atomic E-state index is -0.588. The van der Waals surface area contributed by atoms with E-state index in [1.54, 1.807) is 24.3 Å². The third-order valence-electron chi connectivity index (χ3n) is 3.97. The predicted octanol–water partition coefficient (Wildman–Crippen LogP) is 3.36. The fourth-order valence-electron chi connectivity index (χ4n) is 2.58. The van der Waals surface area contributed by atoms with Crippen LogP contribution in [-0.2, 0) is 14.3 Å². The van der Waals surface area contributed by atoms with Crippen molar-refractivity contribution in [2.45, 2.75) is 26.2 Å². The van der Waals surface area contributed by atoms with Crippen molar-refractivity contribution < 1.29 is 28.6 Å². The molecule has 3 rings (SSSR count). The van der Waals surface area contributed by atoms with Gasteiger partial charge >= 0.3 is 5.97 Å². The number of hydrogen-bond acceptors (Lipinski definition) is 7. The molecule has 8 heteroatoms. The number of hydrogen-bond donors (Lipinski definition) is 1. The highest BCUT2D eigenvalue weighted by Gasteiger charge is 2.15. The molecule has 0 saturated heterocycles. The summed E-state index contributed by atoms with van der Waals surface area (Å²) in [6, 6.07) is 8.69. The van der Waals surface area contributed by atoms with Gasteiger partial charge in [0, 0.05) is 29.5 Å². The van der Waals surface area contributed by atoms with Crippen LogP contribution in [0.15, 0.2) is 30.3 Å². The summed E-state index contributed by atoms with van der Waals surface area (Å²) in [5, 5.41) is 2.64. The van der Waals surface area contributed by atoms with Crippen LogP contribution >= 0.6 is 11.3 Å². The van der Waals surface area contributed by atoms with Gasteiger partial charge in [0.15, 0.2) is 23.9 Å². The lowest BCUT2D eigenvalue weighted by atomic mass is 10.2. The third-order valence-corrected chi connectivity index (χ3v) is 5.01. The summed E-state index contributed by atoms with van der Waals surface area (Å²) in [4.78, 5) is 37.4. The van der Waals surface area contributed by atoms with Crippen LogP contribution in [0.1, 0.15) is 33.8 Å². The van der Waals surface area contributed by atoms with Crippen molar-refractivity contribution in [2.75, 3.05) is 25.1 Å². The zero-order valence-electron chi connectivity index (χ0n) is 15.5. The van der Waals surface area contributed by atoms with E-state index in [4.69, 9.17) is 14.2 Å². The average molecular weight is 403 g/mol. The molecule has 1 amide bonds. The van der Waals surface area contributed by atoms with E-state index in [0.29, 0.717) is 35.3 Å². The molecular formula is C20H21NO6S. The zero-order valence-corrected chi connectivity index (χ0v) is 16.3. The Morgan fingerprint density at radius 2 is 1.86 bits per heavy atom. The molecule has 2 aromatic rings. The number of nitrogens with one attached hydrogen (secondary N) is 1. The maximum Gasteiger partial charge on any atom is 0.306 e. The van der Waals surface area contributed by atoms with Crippen molar-refractivity contribution >= 4 is 34.7 Å². The summed E-state index contributed by atoms with van der Waals surface area (Å²) >= 11 is 1.39. The van der Waals surface area contributed by atoms with Gasteiger partial charge in [0.25, 0.3) is 5.91 Å². The summed E-state index contributed by atoms with van der Waals surface area (Å²) in [5.41, 5.74) is 0.522. The van der Waals surface area contributed by atoms with Crippen LogP contribution < -0.4 is 14.8 Å². The first-order chi connectivity index (χ1) is 13.5. The van der Waals surface area contributed by atoms with Crippen LogP contribution in [0.4, 0.5) is 5.69 Å². The minimum absolute atomic E-state index is 0.0581. The lowest BCUT2D eigenvalue weighted by molar-refractivity contribution is -0.147. The highest BCUT2D eigenvalue weighted by molar-refractivity contribution is 7.14. The van der Waals surface area contributed by atoms with Gasteiger partial charge < -0.3 is 19.5 Å². The number of amides is 1. The second-order valence-corrected chi connectivity index (χ2v) is 7.54. The smallest absolute Gasteiger partial charge is 0.306 e. The Labute approximate surface area is 166 Å². The van der Waals surface area contributed by atoms with Gasteiger partial charge in [-0.05, 0) is 31.2 Å². The van der Waals surface area contributed by atoms with Gasteiger partial charge in [-0.15, -0.1) is 11.3 Å². The molecule has 0 atom stereocenters. The number of rotatable bonds is 7. The van der Waals surface area contributed by atoms with Crippen molar-refractivity contribution in [3.8, 4) is 11.5 Å². The number of anilines is 1. The lowest BCUT2D eigenvalue weighted by Crippen LogP contribution is -2.21. The quantitative estimate of drug-likeness (QED) is 0.563. The average Bonchev–Trinajstić information content (AvgIpc) is 2.98. The molecule has 1 aromatic carbocycles. The monoisotopic (exact) mass is 403 g/mol. The Hall–Kier alpha value is -2.87. The molecule has 1 N–H and O–H groups in total. The number of aryl methyl sites for hydroxylation is 1. The van der Waals surface area contributed by atoms with E-state index in [0.717, 1.165) is 11.3 Å². The van der Waals surface area contributed by atoms with Gasteiger partial charge in [-0.25, -0.2) is 0 Å². The number of esters is 1. The molecule has 28 heavy (non-hydrogen) atoms. The number of fused-ring (bicyclic) bond motifs is 1. The Balaban J connectivity index is 1.42. The molecule has 0 spiro atoms. The van der Waals surface area contributed by atoms with Gasteiger partial charge in [-0.2, -0.15) is 0 Å². The van der Waals surface area contributed by atoms with Gasteiger partial charge in [0.1, 0.15) is 0 Å². The predicted molar refractivity (Wildman–Crippen MR) is 104 cm³/mol. The molecule has 1 aliphatic rings. The van der Waals surface area contributed by atoms with E-state index in [9.17, 15) is 14.4 Å². The molecule has 7 nitrogen and oxygen atoms in total. The van der Waals surface area contributed by atoms with Crippen molar-refractivity contribution in [3.05, 3.63) is 40.1 Å².